The molecule has 1 aliphatic carbocycles. The number of phosphoric acid groups is 1. The van der Waals surface area contributed by atoms with E-state index in [1.807, 2.05) is 16.6 Å². The van der Waals surface area contributed by atoms with Crippen LogP contribution in [0.5, 0.6) is 17.4 Å². The fourth-order valence-electron chi connectivity index (χ4n) is 4.79. The van der Waals surface area contributed by atoms with Gasteiger partial charge in [0.25, 0.3) is 5.88 Å². The number of nitrogens with zero attached hydrogens (tertiary/aromatic N) is 3. The summed E-state index contributed by atoms with van der Waals surface area (Å²) in [5.74, 6) is 2.82. The third kappa shape index (κ3) is 7.23. The summed E-state index contributed by atoms with van der Waals surface area (Å²) < 4.78 is 39.4. The highest BCUT2D eigenvalue weighted by Crippen LogP contribution is 2.46. The molecule has 0 amide bonds. The maximum Gasteiger partial charge on any atom is 0.466 e. The van der Waals surface area contributed by atoms with Crippen molar-refractivity contribution in [2.45, 2.75) is 38.3 Å². The first-order valence-electron chi connectivity index (χ1n) is 12.6. The van der Waals surface area contributed by atoms with Gasteiger partial charge in [-0.05, 0) is 49.3 Å². The number of ether oxygens (including phenoxy) is 5. The molecular weight excluding hydrogens is 549 g/mol. The Morgan fingerprint density at radius 1 is 1.10 bits per heavy atom. The monoisotopic (exact) mass is 585 g/mol. The minimum atomic E-state index is -4.64. The van der Waals surface area contributed by atoms with E-state index in [1.54, 1.807) is 39.8 Å². The van der Waals surface area contributed by atoms with Gasteiger partial charge in [0.05, 0.1) is 51.8 Å². The summed E-state index contributed by atoms with van der Waals surface area (Å²) in [5, 5.41) is 7.03. The number of thiazole rings is 1. The number of hydrogen-bond acceptors (Lipinski definition) is 9. The van der Waals surface area contributed by atoms with Gasteiger partial charge in [-0.1, -0.05) is 0 Å². The summed E-state index contributed by atoms with van der Waals surface area (Å²) in [6, 6.07) is 4.32. The van der Waals surface area contributed by atoms with Crippen molar-refractivity contribution in [3.8, 4) is 28.6 Å². The normalized spacial score (nSPS) is 17.5. The van der Waals surface area contributed by atoms with Crippen molar-refractivity contribution in [2.75, 3.05) is 53.1 Å². The Kier molecular flexibility index (Phi) is 9.76. The number of aromatic nitrogens is 2. The van der Waals surface area contributed by atoms with Crippen molar-refractivity contribution >= 4 is 29.7 Å². The molecule has 1 saturated carbocycles. The molecular formula is C25H36N3O9PS. The molecule has 0 spiro atoms. The zero-order valence-corrected chi connectivity index (χ0v) is 24.2. The predicted molar refractivity (Wildman–Crippen MR) is 147 cm³/mol. The topological polar surface area (TPSA) is 144 Å². The maximum absolute atomic E-state index is 8.88. The van der Waals surface area contributed by atoms with Crippen molar-refractivity contribution in [2.24, 2.45) is 5.92 Å². The van der Waals surface area contributed by atoms with Crippen LogP contribution in [0.3, 0.4) is 0 Å². The zero-order valence-electron chi connectivity index (χ0n) is 22.5. The van der Waals surface area contributed by atoms with E-state index < -0.39 is 7.82 Å². The van der Waals surface area contributed by atoms with Crippen LogP contribution in [-0.2, 0) is 20.6 Å². The van der Waals surface area contributed by atoms with Crippen LogP contribution in [0.15, 0.2) is 17.5 Å². The van der Waals surface area contributed by atoms with Gasteiger partial charge in [0.1, 0.15) is 22.0 Å². The third-order valence-corrected chi connectivity index (χ3v) is 7.57. The Balaban J connectivity index is 0.000000648. The van der Waals surface area contributed by atoms with Gasteiger partial charge in [-0.25, -0.2) is 9.08 Å². The number of benzene rings is 1. The van der Waals surface area contributed by atoms with Gasteiger partial charge in [0.15, 0.2) is 0 Å². The molecule has 2 fully saturated rings. The second kappa shape index (κ2) is 12.9. The van der Waals surface area contributed by atoms with E-state index in [0.29, 0.717) is 18.5 Å². The Morgan fingerprint density at radius 3 is 2.28 bits per heavy atom. The lowest BCUT2D eigenvalue weighted by molar-refractivity contribution is 0.0789. The molecule has 0 bridgehead atoms. The van der Waals surface area contributed by atoms with Gasteiger partial charge < -0.3 is 43.3 Å². The number of methoxy groups -OCH3 is 4. The standard InChI is InChI=1S/C25H33N3O5S.H3O4P/c1-29-13-17-10-20(30-2)22(21(11-17)31-3)19-15-34-25-23(24(32-4)26-28(19)25)27(12-16-7-8-16)18-6-5-9-33-14-18;1-5(2,3)4/h10-11,15-16,18H,5-9,12-14H2,1-4H3;(H3,1,2,3,4). The molecule has 3 N–H and O–H groups in total. The summed E-state index contributed by atoms with van der Waals surface area (Å²) >= 11 is 1.67. The summed E-state index contributed by atoms with van der Waals surface area (Å²) in [6.45, 7) is 3.08. The van der Waals surface area contributed by atoms with E-state index >= 15 is 0 Å². The maximum atomic E-state index is 8.88. The first kappa shape index (κ1) is 29.6. The van der Waals surface area contributed by atoms with E-state index in [9.17, 15) is 0 Å². The molecule has 39 heavy (non-hydrogen) atoms. The van der Waals surface area contributed by atoms with Gasteiger partial charge in [-0.15, -0.1) is 16.4 Å². The van der Waals surface area contributed by atoms with Crippen LogP contribution < -0.4 is 19.1 Å². The Bertz CT molecular complexity index is 1260. The molecule has 1 aromatic carbocycles. The summed E-state index contributed by atoms with van der Waals surface area (Å²) in [4.78, 5) is 25.1. The van der Waals surface area contributed by atoms with Crippen molar-refractivity contribution in [3.05, 3.63) is 23.1 Å². The molecule has 3 aromatic rings. The first-order valence-corrected chi connectivity index (χ1v) is 15.0. The lowest BCUT2D eigenvalue weighted by atomic mass is 10.1. The number of hydrogen-bond donors (Lipinski definition) is 3. The lowest BCUT2D eigenvalue weighted by Gasteiger charge is -2.35. The summed E-state index contributed by atoms with van der Waals surface area (Å²) in [6.07, 6.45) is 4.77. The van der Waals surface area contributed by atoms with Crippen molar-refractivity contribution in [1.29, 1.82) is 0 Å². The van der Waals surface area contributed by atoms with Gasteiger partial charge in [-0.3, -0.25) is 0 Å². The Labute approximate surface area is 231 Å². The van der Waals surface area contributed by atoms with Crippen LogP contribution >= 0.6 is 19.2 Å². The third-order valence-electron chi connectivity index (χ3n) is 6.64. The first-order chi connectivity index (χ1) is 18.7. The van der Waals surface area contributed by atoms with E-state index in [-0.39, 0.29) is 0 Å². The van der Waals surface area contributed by atoms with Crippen LogP contribution in [-0.4, -0.2) is 78.5 Å². The Hall–Kier alpha value is -2.38. The molecule has 1 aliphatic heterocycles. The number of anilines is 1. The smallest absolute Gasteiger partial charge is 0.466 e. The minimum absolute atomic E-state index is 0.333. The summed E-state index contributed by atoms with van der Waals surface area (Å²) in [5.41, 5.74) is 3.82. The van der Waals surface area contributed by atoms with E-state index in [1.165, 1.54) is 12.8 Å². The average Bonchev–Trinajstić information content (AvgIpc) is 3.53. The van der Waals surface area contributed by atoms with Crippen molar-refractivity contribution < 1.29 is 42.9 Å². The lowest BCUT2D eigenvalue weighted by Crippen LogP contribution is -2.42. The highest BCUT2D eigenvalue weighted by molar-refractivity contribution is 7.45. The quantitative estimate of drug-likeness (QED) is 0.300. The average molecular weight is 586 g/mol. The highest BCUT2D eigenvalue weighted by atomic mass is 32.1. The van der Waals surface area contributed by atoms with Crippen LogP contribution in [0.2, 0.25) is 0 Å². The van der Waals surface area contributed by atoms with Crippen LogP contribution in [0.4, 0.5) is 5.69 Å². The fraction of sp³-hybridized carbons (Fsp3) is 0.560. The number of fused-ring (bicyclic) bond motifs is 1. The summed E-state index contributed by atoms with van der Waals surface area (Å²) in [7, 11) is 2.09. The van der Waals surface area contributed by atoms with Crippen LogP contribution in [0.1, 0.15) is 31.2 Å². The largest absolute Gasteiger partial charge is 0.496 e. The van der Waals surface area contributed by atoms with E-state index in [4.69, 9.17) is 48.0 Å². The van der Waals surface area contributed by atoms with E-state index in [2.05, 4.69) is 10.3 Å². The van der Waals surface area contributed by atoms with Gasteiger partial charge in [0, 0.05) is 25.6 Å². The number of rotatable bonds is 10. The minimum Gasteiger partial charge on any atom is -0.496 e. The van der Waals surface area contributed by atoms with Crippen molar-refractivity contribution in [3.63, 3.8) is 0 Å². The Morgan fingerprint density at radius 2 is 1.77 bits per heavy atom. The second-order valence-electron chi connectivity index (χ2n) is 9.48. The predicted octanol–water partition coefficient (Wildman–Crippen LogP) is 3.70. The highest BCUT2D eigenvalue weighted by Gasteiger charge is 2.34. The molecule has 1 atom stereocenters. The van der Waals surface area contributed by atoms with Crippen LogP contribution in [0, 0.1) is 5.92 Å². The van der Waals surface area contributed by atoms with Gasteiger partial charge >= 0.3 is 7.82 Å². The van der Waals surface area contributed by atoms with Gasteiger partial charge in [0.2, 0.25) is 0 Å². The van der Waals surface area contributed by atoms with E-state index in [0.717, 1.165) is 77.4 Å². The molecule has 216 valence electrons. The molecule has 2 aromatic heterocycles. The van der Waals surface area contributed by atoms with Gasteiger partial charge in [-0.2, -0.15) is 0 Å². The molecule has 0 radical (unpaired) electrons. The molecule has 3 heterocycles. The van der Waals surface area contributed by atoms with Crippen molar-refractivity contribution in [1.82, 2.24) is 9.61 Å². The zero-order chi connectivity index (χ0) is 28.2. The molecule has 1 saturated heterocycles. The molecule has 12 nitrogen and oxygen atoms in total. The molecule has 1 unspecified atom stereocenters. The van der Waals surface area contributed by atoms with Crippen LogP contribution in [0.25, 0.3) is 16.1 Å². The fourth-order valence-corrected chi connectivity index (χ4v) is 5.79. The molecule has 5 rings (SSSR count). The molecule has 14 heteroatoms. The molecule has 2 aliphatic rings. The SMILES string of the molecule is COCc1cc(OC)c(-c2csc3c(N(CC4CC4)C4CCCOC4)c(OC)nn23)c(OC)c1.O=P(O)(O)O. The second-order valence-corrected chi connectivity index (χ2v) is 11.4.